The molecule has 3 aromatic carbocycles. The van der Waals surface area contributed by atoms with Gasteiger partial charge in [-0.25, -0.2) is 0 Å². The van der Waals surface area contributed by atoms with Crippen LogP contribution in [0.1, 0.15) is 34.8 Å². The molecule has 0 aliphatic carbocycles. The Balaban J connectivity index is 2.01. The van der Waals surface area contributed by atoms with Crippen molar-refractivity contribution in [1.29, 1.82) is 0 Å². The number of hydrogen-bond donors (Lipinski definition) is 1. The van der Waals surface area contributed by atoms with Gasteiger partial charge in [-0.05, 0) is 30.7 Å². The van der Waals surface area contributed by atoms with Crippen molar-refractivity contribution in [2.45, 2.75) is 13.3 Å². The molecule has 1 aliphatic heterocycles. The van der Waals surface area contributed by atoms with Crippen LogP contribution in [0.15, 0.2) is 65.7 Å². The molecule has 1 aliphatic rings. The van der Waals surface area contributed by atoms with Crippen LogP contribution in [0.25, 0.3) is 11.1 Å². The number of rotatable bonds is 7. The fourth-order valence-corrected chi connectivity index (χ4v) is 4.22. The third kappa shape index (κ3) is 4.24. The van der Waals surface area contributed by atoms with Crippen molar-refractivity contribution in [2.24, 2.45) is 10.7 Å². The van der Waals surface area contributed by atoms with Crippen LogP contribution < -0.4 is 20.1 Å². The molecule has 34 heavy (non-hydrogen) atoms. The second-order valence-electron chi connectivity index (χ2n) is 7.93. The molecular weight excluding hydrogens is 430 g/mol. The van der Waals surface area contributed by atoms with Crippen molar-refractivity contribution in [3.8, 4) is 22.6 Å². The number of nitrogens with two attached hydrogens (primary N) is 1. The second-order valence-corrected chi connectivity index (χ2v) is 7.93. The summed E-state index contributed by atoms with van der Waals surface area (Å²) < 4.78 is 11.4. The van der Waals surface area contributed by atoms with E-state index in [1.54, 1.807) is 37.3 Å². The molecule has 0 radical (unpaired) electrons. The fraction of sp³-hybridized carbons (Fsp3) is 0.222. The first-order chi connectivity index (χ1) is 16.5. The van der Waals surface area contributed by atoms with E-state index in [4.69, 9.17) is 15.2 Å². The van der Waals surface area contributed by atoms with Crippen molar-refractivity contribution in [1.82, 2.24) is 0 Å². The van der Waals surface area contributed by atoms with Crippen molar-refractivity contribution in [2.75, 3.05) is 32.2 Å². The molecule has 0 saturated carbocycles. The Bertz CT molecular complexity index is 1280. The van der Waals surface area contributed by atoms with Crippen molar-refractivity contribution in [3.63, 3.8) is 0 Å². The van der Waals surface area contributed by atoms with Gasteiger partial charge >= 0.3 is 0 Å². The van der Waals surface area contributed by atoms with E-state index in [0.29, 0.717) is 40.6 Å². The van der Waals surface area contributed by atoms with Crippen molar-refractivity contribution >= 4 is 23.2 Å². The second kappa shape index (κ2) is 9.79. The normalized spacial score (nSPS) is 13.1. The van der Waals surface area contributed by atoms with E-state index in [9.17, 15) is 9.59 Å². The number of anilines is 1. The maximum atomic E-state index is 13.1. The van der Waals surface area contributed by atoms with Crippen LogP contribution in [-0.4, -0.2) is 44.8 Å². The van der Waals surface area contributed by atoms with Crippen LogP contribution in [-0.2, 0) is 4.79 Å². The van der Waals surface area contributed by atoms with Crippen molar-refractivity contribution in [3.05, 3.63) is 77.4 Å². The Labute approximate surface area is 198 Å². The van der Waals surface area contributed by atoms with Gasteiger partial charge in [0, 0.05) is 40.4 Å². The number of benzodiazepines with no additional fused rings is 1. The molecule has 3 aromatic rings. The summed E-state index contributed by atoms with van der Waals surface area (Å²) in [5.41, 5.74) is 10.4. The Morgan fingerprint density at radius 2 is 1.74 bits per heavy atom. The first kappa shape index (κ1) is 23.0. The average molecular weight is 458 g/mol. The van der Waals surface area contributed by atoms with E-state index < -0.39 is 5.91 Å². The van der Waals surface area contributed by atoms with Gasteiger partial charge < -0.3 is 20.1 Å². The Morgan fingerprint density at radius 1 is 0.971 bits per heavy atom. The number of carbonyl (C=O) groups is 2. The molecule has 0 bridgehead atoms. The topological polar surface area (TPSA) is 94.2 Å². The highest BCUT2D eigenvalue weighted by Crippen LogP contribution is 2.41. The van der Waals surface area contributed by atoms with Gasteiger partial charge in [-0.15, -0.1) is 0 Å². The van der Waals surface area contributed by atoms with E-state index in [-0.39, 0.29) is 12.5 Å². The SMILES string of the molecule is CCCN1C(=O)CN=C(c2cccc(C(N)=O)c2)c2cc(-c3ccccc3OC)c(OC)cc21. The van der Waals surface area contributed by atoms with Gasteiger partial charge in [0.15, 0.2) is 0 Å². The van der Waals surface area contributed by atoms with Gasteiger partial charge in [0.25, 0.3) is 0 Å². The molecule has 0 fully saturated rings. The van der Waals surface area contributed by atoms with Gasteiger partial charge in [0.2, 0.25) is 11.8 Å². The number of benzene rings is 3. The predicted octanol–water partition coefficient (Wildman–Crippen LogP) is 4.06. The number of carbonyl (C=O) groups excluding carboxylic acids is 2. The number of nitrogens with zero attached hydrogens (tertiary/aromatic N) is 2. The molecule has 174 valence electrons. The molecule has 7 nitrogen and oxygen atoms in total. The minimum atomic E-state index is -0.524. The molecule has 0 aromatic heterocycles. The van der Waals surface area contributed by atoms with Gasteiger partial charge in [-0.2, -0.15) is 0 Å². The summed E-state index contributed by atoms with van der Waals surface area (Å²) in [6.07, 6.45) is 0.786. The molecule has 7 heteroatoms. The summed E-state index contributed by atoms with van der Waals surface area (Å²) in [6.45, 7) is 2.57. The highest BCUT2D eigenvalue weighted by molar-refractivity contribution is 6.20. The van der Waals surface area contributed by atoms with Gasteiger partial charge in [-0.1, -0.05) is 37.3 Å². The molecule has 0 atom stereocenters. The maximum Gasteiger partial charge on any atom is 0.248 e. The number of primary amides is 1. The summed E-state index contributed by atoms with van der Waals surface area (Å²) in [5, 5.41) is 0. The Morgan fingerprint density at radius 3 is 2.44 bits per heavy atom. The lowest BCUT2D eigenvalue weighted by molar-refractivity contribution is -0.117. The third-order valence-electron chi connectivity index (χ3n) is 5.80. The number of ether oxygens (including phenoxy) is 2. The standard InChI is InChI=1S/C27H27N3O4/c1-4-12-30-22-15-24(34-3)20(19-10-5-6-11-23(19)33-2)14-21(22)26(29-16-25(30)31)17-8-7-9-18(13-17)27(28)32/h5-11,13-15H,4,12,16H2,1-3H3,(H2,28,32). The average Bonchev–Trinajstić information content (AvgIpc) is 2.99. The first-order valence-corrected chi connectivity index (χ1v) is 11.1. The zero-order valence-corrected chi connectivity index (χ0v) is 19.5. The van der Waals surface area contributed by atoms with E-state index in [2.05, 4.69) is 4.99 Å². The maximum absolute atomic E-state index is 13.1. The van der Waals surface area contributed by atoms with Crippen LogP contribution in [0.4, 0.5) is 5.69 Å². The highest BCUT2D eigenvalue weighted by atomic mass is 16.5. The number of hydrogen-bond acceptors (Lipinski definition) is 5. The van der Waals surface area contributed by atoms with E-state index >= 15 is 0 Å². The minimum Gasteiger partial charge on any atom is -0.496 e. The molecule has 2 amide bonds. The monoisotopic (exact) mass is 457 g/mol. The first-order valence-electron chi connectivity index (χ1n) is 11.1. The fourth-order valence-electron chi connectivity index (χ4n) is 4.22. The predicted molar refractivity (Wildman–Crippen MR) is 133 cm³/mol. The molecule has 1 heterocycles. The third-order valence-corrected chi connectivity index (χ3v) is 5.80. The molecule has 0 unspecified atom stereocenters. The number of para-hydroxylation sites is 1. The van der Waals surface area contributed by atoms with E-state index in [1.807, 2.05) is 49.4 Å². The number of fused-ring (bicyclic) bond motifs is 1. The lowest BCUT2D eigenvalue weighted by Gasteiger charge is -2.25. The summed E-state index contributed by atoms with van der Waals surface area (Å²) in [5.74, 6) is 0.690. The number of aliphatic imine (C=N–C) groups is 1. The zero-order chi connectivity index (χ0) is 24.2. The zero-order valence-electron chi connectivity index (χ0n) is 19.5. The van der Waals surface area contributed by atoms with Crippen LogP contribution in [0.3, 0.4) is 0 Å². The Kier molecular flexibility index (Phi) is 6.63. The largest absolute Gasteiger partial charge is 0.496 e. The highest BCUT2D eigenvalue weighted by Gasteiger charge is 2.27. The number of methoxy groups -OCH3 is 2. The van der Waals surface area contributed by atoms with Crippen molar-refractivity contribution < 1.29 is 19.1 Å². The van der Waals surface area contributed by atoms with E-state index in [1.165, 1.54) is 0 Å². The minimum absolute atomic E-state index is 0.00286. The lowest BCUT2D eigenvalue weighted by atomic mass is 9.93. The van der Waals surface area contributed by atoms with Crippen LogP contribution in [0.2, 0.25) is 0 Å². The summed E-state index contributed by atoms with van der Waals surface area (Å²) in [6, 6.07) is 18.5. The lowest BCUT2D eigenvalue weighted by Crippen LogP contribution is -2.33. The number of amides is 2. The van der Waals surface area contributed by atoms with E-state index in [0.717, 1.165) is 23.1 Å². The Hall–Kier alpha value is -4.13. The molecule has 2 N–H and O–H groups in total. The van der Waals surface area contributed by atoms with Gasteiger partial charge in [0.1, 0.15) is 18.0 Å². The summed E-state index contributed by atoms with van der Waals surface area (Å²) in [4.78, 5) is 31.3. The van der Waals surface area contributed by atoms with Gasteiger partial charge in [0.05, 0.1) is 25.6 Å². The van der Waals surface area contributed by atoms with Crippen LogP contribution in [0.5, 0.6) is 11.5 Å². The molecule has 4 rings (SSSR count). The summed E-state index contributed by atoms with van der Waals surface area (Å²) in [7, 11) is 3.23. The molecule has 0 spiro atoms. The smallest absolute Gasteiger partial charge is 0.248 e. The van der Waals surface area contributed by atoms with Crippen LogP contribution in [0, 0.1) is 0 Å². The molecular formula is C27H27N3O4. The van der Waals surface area contributed by atoms with Gasteiger partial charge in [-0.3, -0.25) is 14.6 Å². The molecule has 0 saturated heterocycles. The quantitative estimate of drug-likeness (QED) is 0.579. The summed E-state index contributed by atoms with van der Waals surface area (Å²) >= 11 is 0. The van der Waals surface area contributed by atoms with Crippen LogP contribution >= 0.6 is 0 Å².